The number of amides is 1. The van der Waals surface area contributed by atoms with Gasteiger partial charge in [-0.15, -0.1) is 0 Å². The summed E-state index contributed by atoms with van der Waals surface area (Å²) >= 11 is 0. The second-order valence-corrected chi connectivity index (χ2v) is 4.70. The van der Waals surface area contributed by atoms with Gasteiger partial charge in [-0.1, -0.05) is 12.6 Å². The number of carbonyl (C=O) groups is 1. The first-order chi connectivity index (χ1) is 10.2. The van der Waals surface area contributed by atoms with E-state index in [1.54, 1.807) is 12.3 Å². The lowest BCUT2D eigenvalue weighted by molar-refractivity contribution is -0.111. The molecule has 0 unspecified atom stereocenters. The van der Waals surface area contributed by atoms with Crippen LogP contribution in [0.1, 0.15) is 8.55 Å². The molecule has 1 aromatic carbocycles. The van der Waals surface area contributed by atoms with Crippen molar-refractivity contribution in [3.8, 4) is 11.3 Å². The molecule has 5 heteroatoms. The van der Waals surface area contributed by atoms with E-state index < -0.39 is 0 Å². The fourth-order valence-corrected chi connectivity index (χ4v) is 2.16. The van der Waals surface area contributed by atoms with Crippen LogP contribution < -0.4 is 5.32 Å². The molecule has 3 aromatic rings. The molecule has 0 bridgehead atoms. The van der Waals surface area contributed by atoms with Crippen LogP contribution in [0.3, 0.4) is 0 Å². The summed E-state index contributed by atoms with van der Waals surface area (Å²) < 4.78 is 0. The number of H-pyrrole nitrogens is 1. The Morgan fingerprint density at radius 2 is 2.24 bits per heavy atom. The van der Waals surface area contributed by atoms with Gasteiger partial charge in [0, 0.05) is 31.4 Å². The molecule has 1 amide bonds. The first-order valence-corrected chi connectivity index (χ1v) is 6.52. The van der Waals surface area contributed by atoms with Gasteiger partial charge < -0.3 is 5.32 Å². The van der Waals surface area contributed by atoms with Crippen molar-refractivity contribution in [3.63, 3.8) is 0 Å². The van der Waals surface area contributed by atoms with Crippen LogP contribution in [-0.2, 0) is 4.79 Å². The van der Waals surface area contributed by atoms with E-state index in [1.807, 2.05) is 31.2 Å². The lowest BCUT2D eigenvalue weighted by atomic mass is 10.1. The van der Waals surface area contributed by atoms with Crippen molar-refractivity contribution in [2.24, 2.45) is 0 Å². The van der Waals surface area contributed by atoms with Crippen molar-refractivity contribution in [2.45, 2.75) is 6.92 Å². The van der Waals surface area contributed by atoms with Crippen LogP contribution in [0.2, 0.25) is 0 Å². The zero-order valence-corrected chi connectivity index (χ0v) is 11.6. The predicted molar refractivity (Wildman–Crippen MR) is 87.1 cm³/mol. The average molecular weight is 282 g/mol. The van der Waals surface area contributed by atoms with E-state index in [0.29, 0.717) is 5.69 Å². The molecule has 5 nitrogen and oxygen atoms in total. The molecule has 0 atom stereocenters. The second-order valence-electron chi connectivity index (χ2n) is 4.70. The van der Waals surface area contributed by atoms with Gasteiger partial charge in [0.15, 0.2) is 0 Å². The summed E-state index contributed by atoms with van der Waals surface area (Å²) in [5, 5.41) is 11.0. The number of rotatable bonds is 3. The van der Waals surface area contributed by atoms with E-state index in [1.165, 1.54) is 6.08 Å². The molecule has 0 aliphatic carbocycles. The van der Waals surface area contributed by atoms with Crippen molar-refractivity contribution < 1.29 is 7.65 Å². The Balaban J connectivity index is 0.00000132. The van der Waals surface area contributed by atoms with Gasteiger partial charge >= 0.3 is 0 Å². The summed E-state index contributed by atoms with van der Waals surface area (Å²) in [4.78, 5) is 15.7. The Bertz CT molecular complexity index is 845. The third-order valence-electron chi connectivity index (χ3n) is 3.25. The van der Waals surface area contributed by atoms with E-state index in [9.17, 15) is 4.79 Å². The predicted octanol–water partition coefficient (Wildman–Crippen LogP) is 3.55. The molecule has 3 rings (SSSR count). The maximum Gasteiger partial charge on any atom is 0.247 e. The molecule has 0 saturated heterocycles. The van der Waals surface area contributed by atoms with E-state index in [0.717, 1.165) is 27.9 Å². The van der Waals surface area contributed by atoms with Gasteiger partial charge in [-0.25, -0.2) is 0 Å². The molecule has 2 heterocycles. The summed E-state index contributed by atoms with van der Waals surface area (Å²) in [6.07, 6.45) is 2.90. The fraction of sp³-hybridized carbons (Fsp3) is 0.0625. The summed E-state index contributed by atoms with van der Waals surface area (Å²) in [5.41, 5.74) is 4.39. The number of aryl methyl sites for hydroxylation is 1. The van der Waals surface area contributed by atoms with Crippen LogP contribution >= 0.6 is 0 Å². The highest BCUT2D eigenvalue weighted by molar-refractivity contribution is 5.99. The molecule has 21 heavy (non-hydrogen) atoms. The SMILES string of the molecule is C=CC(=O)Nc1ccnc(-c2ccc3n[nH]c(C)c3c2)c1.[HH].[HH]. The molecule has 0 saturated carbocycles. The zero-order valence-electron chi connectivity index (χ0n) is 11.6. The van der Waals surface area contributed by atoms with Gasteiger partial charge in [-0.05, 0) is 37.3 Å². The van der Waals surface area contributed by atoms with E-state index in [4.69, 9.17) is 0 Å². The largest absolute Gasteiger partial charge is 0.322 e. The Labute approximate surface area is 124 Å². The number of nitrogens with one attached hydrogen (secondary N) is 2. The molecule has 108 valence electrons. The monoisotopic (exact) mass is 282 g/mol. The Morgan fingerprint density at radius 1 is 1.38 bits per heavy atom. The number of nitrogens with zero attached hydrogens (tertiary/aromatic N) is 2. The van der Waals surface area contributed by atoms with E-state index in [-0.39, 0.29) is 8.76 Å². The first-order valence-electron chi connectivity index (χ1n) is 6.52. The third-order valence-corrected chi connectivity index (χ3v) is 3.25. The summed E-state index contributed by atoms with van der Waals surface area (Å²) in [7, 11) is 0. The number of aromatic nitrogens is 3. The lowest BCUT2D eigenvalue weighted by Crippen LogP contribution is -2.07. The average Bonchev–Trinajstić information content (AvgIpc) is 2.88. The Kier molecular flexibility index (Phi) is 3.23. The van der Waals surface area contributed by atoms with Gasteiger partial charge in [0.1, 0.15) is 0 Å². The van der Waals surface area contributed by atoms with Crippen molar-refractivity contribution in [1.29, 1.82) is 0 Å². The maximum absolute atomic E-state index is 11.4. The number of hydrogen-bond donors (Lipinski definition) is 2. The number of hydrogen-bond acceptors (Lipinski definition) is 3. The smallest absolute Gasteiger partial charge is 0.247 e. The van der Waals surface area contributed by atoms with Crippen LogP contribution in [0.4, 0.5) is 5.69 Å². The number of fused-ring (bicyclic) bond motifs is 1. The van der Waals surface area contributed by atoms with Crippen LogP contribution in [0.15, 0.2) is 49.2 Å². The molecule has 0 spiro atoms. The molecule has 0 radical (unpaired) electrons. The van der Waals surface area contributed by atoms with Crippen molar-refractivity contribution in [3.05, 3.63) is 54.9 Å². The molecule has 0 fully saturated rings. The number of aromatic amines is 1. The molecule has 2 N–H and O–H groups in total. The van der Waals surface area contributed by atoms with Crippen molar-refractivity contribution in [2.75, 3.05) is 5.32 Å². The van der Waals surface area contributed by atoms with Crippen molar-refractivity contribution >= 4 is 22.5 Å². The highest BCUT2D eigenvalue weighted by Crippen LogP contribution is 2.25. The minimum atomic E-state index is -0.242. The standard InChI is InChI=1S/C16H14N4O.2H2/c1-3-16(21)18-12-6-7-17-15(9-12)11-4-5-14-13(8-11)10(2)19-20-14;;/h3-9H,1H2,2H3,(H,19,20)(H,17,18,21);2*1H. The first kappa shape index (κ1) is 13.1. The number of anilines is 1. The normalized spacial score (nSPS) is 10.5. The van der Waals surface area contributed by atoms with Crippen LogP contribution in [0, 0.1) is 6.92 Å². The van der Waals surface area contributed by atoms with E-state index >= 15 is 0 Å². The van der Waals surface area contributed by atoms with Gasteiger partial charge in [-0.2, -0.15) is 5.10 Å². The Morgan fingerprint density at radius 3 is 3.05 bits per heavy atom. The molecular weight excluding hydrogens is 264 g/mol. The Hall–Kier alpha value is -2.95. The van der Waals surface area contributed by atoms with Crippen molar-refractivity contribution in [1.82, 2.24) is 15.2 Å². The highest BCUT2D eigenvalue weighted by atomic mass is 16.1. The number of carbonyl (C=O) groups excluding carboxylic acids is 1. The minimum absolute atomic E-state index is 0. The quantitative estimate of drug-likeness (QED) is 0.722. The molecule has 2 aromatic heterocycles. The number of benzene rings is 1. The summed E-state index contributed by atoms with van der Waals surface area (Å²) in [5.74, 6) is -0.242. The summed E-state index contributed by atoms with van der Waals surface area (Å²) in [6, 6.07) is 9.52. The highest BCUT2D eigenvalue weighted by Gasteiger charge is 2.06. The van der Waals surface area contributed by atoms with Crippen LogP contribution in [0.5, 0.6) is 0 Å². The molecule has 0 aliphatic heterocycles. The lowest BCUT2D eigenvalue weighted by Gasteiger charge is -2.05. The van der Waals surface area contributed by atoms with Gasteiger partial charge in [-0.3, -0.25) is 14.9 Å². The fourth-order valence-electron chi connectivity index (χ4n) is 2.16. The van der Waals surface area contributed by atoms with Crippen LogP contribution in [-0.4, -0.2) is 21.1 Å². The topological polar surface area (TPSA) is 70.7 Å². The van der Waals surface area contributed by atoms with E-state index in [2.05, 4.69) is 27.1 Å². The minimum Gasteiger partial charge on any atom is -0.322 e. The van der Waals surface area contributed by atoms with Gasteiger partial charge in [0.05, 0.1) is 11.2 Å². The maximum atomic E-state index is 11.4. The summed E-state index contributed by atoms with van der Waals surface area (Å²) in [6.45, 7) is 5.42. The second kappa shape index (κ2) is 5.20. The zero-order chi connectivity index (χ0) is 14.8. The third kappa shape index (κ3) is 2.53. The number of pyridine rings is 1. The van der Waals surface area contributed by atoms with Gasteiger partial charge in [0.2, 0.25) is 5.91 Å². The van der Waals surface area contributed by atoms with Crippen LogP contribution in [0.25, 0.3) is 22.2 Å². The molecule has 0 aliphatic rings. The van der Waals surface area contributed by atoms with Gasteiger partial charge in [0.25, 0.3) is 0 Å². The molecular formula is C16H18N4O.